The van der Waals surface area contributed by atoms with Gasteiger partial charge < -0.3 is 19.7 Å². The summed E-state index contributed by atoms with van der Waals surface area (Å²) in [6, 6.07) is 26.3. The van der Waals surface area contributed by atoms with Crippen molar-refractivity contribution in [2.45, 2.75) is 12.6 Å². The van der Waals surface area contributed by atoms with Crippen LogP contribution in [-0.4, -0.2) is 47.5 Å². The van der Waals surface area contributed by atoms with E-state index in [0.717, 1.165) is 5.75 Å². The molecule has 1 unspecified atom stereocenters. The molecule has 0 aliphatic carbocycles. The summed E-state index contributed by atoms with van der Waals surface area (Å²) in [5, 5.41) is 19.8. The molecule has 2 N–H and O–H groups in total. The Kier molecular flexibility index (Phi) is 7.92. The molecule has 0 bridgehead atoms. The normalized spacial score (nSPS) is 11.9. The van der Waals surface area contributed by atoms with Gasteiger partial charge in [-0.25, -0.2) is 0 Å². The van der Waals surface area contributed by atoms with E-state index in [2.05, 4.69) is 17.0 Å². The average Bonchev–Trinajstić information content (AvgIpc) is 2.75. The fraction of sp³-hybridized carbons (Fsp3) is 0.250. The molecule has 0 heterocycles. The van der Waals surface area contributed by atoms with Crippen LogP contribution in [0.25, 0.3) is 0 Å². The van der Waals surface area contributed by atoms with Crippen LogP contribution in [0, 0.1) is 0 Å². The number of phenols is 1. The van der Waals surface area contributed by atoms with Crippen LogP contribution in [0.3, 0.4) is 0 Å². The second kappa shape index (κ2) is 11.1. The first kappa shape index (κ1) is 20.7. The number of hydrogen-bond donors (Lipinski definition) is 2. The topological polar surface area (TPSA) is 62.2 Å². The van der Waals surface area contributed by atoms with Gasteiger partial charge in [-0.15, -0.1) is 0 Å². The first-order chi connectivity index (χ1) is 14.2. The van der Waals surface area contributed by atoms with Gasteiger partial charge in [0.25, 0.3) is 0 Å². The summed E-state index contributed by atoms with van der Waals surface area (Å²) in [6.07, 6.45) is -0.618. The zero-order valence-electron chi connectivity index (χ0n) is 16.4. The monoisotopic (exact) mass is 393 g/mol. The van der Waals surface area contributed by atoms with E-state index in [1.165, 1.54) is 5.56 Å². The summed E-state index contributed by atoms with van der Waals surface area (Å²) >= 11 is 0. The second-order valence-electron chi connectivity index (χ2n) is 6.84. The Labute approximate surface area is 171 Å². The Morgan fingerprint density at radius 2 is 1.38 bits per heavy atom. The molecule has 0 aromatic heterocycles. The molecular formula is C24H27NO4. The molecule has 1 atom stereocenters. The maximum atomic E-state index is 10.5. The Hall–Kier alpha value is -3.02. The smallest absolute Gasteiger partial charge is 0.119 e. The van der Waals surface area contributed by atoms with Crippen molar-refractivity contribution in [3.63, 3.8) is 0 Å². The van der Waals surface area contributed by atoms with Crippen LogP contribution in [0.4, 0.5) is 0 Å². The van der Waals surface area contributed by atoms with E-state index < -0.39 is 6.10 Å². The highest BCUT2D eigenvalue weighted by molar-refractivity contribution is 5.30. The summed E-state index contributed by atoms with van der Waals surface area (Å²) < 4.78 is 11.4. The first-order valence-corrected chi connectivity index (χ1v) is 9.73. The molecule has 3 rings (SSSR count). The number of phenolic OH excluding ortho intramolecular Hbond substituents is 1. The Morgan fingerprint density at radius 1 is 0.759 bits per heavy atom. The van der Waals surface area contributed by atoms with Gasteiger partial charge in [0.1, 0.15) is 36.6 Å². The molecule has 0 amide bonds. The minimum absolute atomic E-state index is 0.213. The lowest BCUT2D eigenvalue weighted by Gasteiger charge is -2.25. The van der Waals surface area contributed by atoms with Crippen LogP contribution in [0.1, 0.15) is 5.56 Å². The van der Waals surface area contributed by atoms with Crippen molar-refractivity contribution in [3.05, 3.63) is 90.5 Å². The highest BCUT2D eigenvalue weighted by Crippen LogP contribution is 2.16. The van der Waals surface area contributed by atoms with E-state index in [4.69, 9.17) is 9.47 Å². The van der Waals surface area contributed by atoms with E-state index in [9.17, 15) is 10.2 Å². The fourth-order valence-corrected chi connectivity index (χ4v) is 2.97. The summed E-state index contributed by atoms with van der Waals surface area (Å²) in [4.78, 5) is 2.15. The summed E-state index contributed by atoms with van der Waals surface area (Å²) in [5.74, 6) is 1.66. The van der Waals surface area contributed by atoms with Gasteiger partial charge in [0.15, 0.2) is 0 Å². The molecule has 5 nitrogen and oxygen atoms in total. The zero-order chi connectivity index (χ0) is 20.3. The third kappa shape index (κ3) is 7.49. The van der Waals surface area contributed by atoms with Crippen LogP contribution in [0.2, 0.25) is 0 Å². The molecule has 0 radical (unpaired) electrons. The Balaban J connectivity index is 1.52. The predicted molar refractivity (Wildman–Crippen MR) is 113 cm³/mol. The molecule has 3 aromatic rings. The van der Waals surface area contributed by atoms with E-state index in [1.807, 2.05) is 48.5 Å². The molecule has 3 aromatic carbocycles. The third-order valence-electron chi connectivity index (χ3n) is 4.42. The van der Waals surface area contributed by atoms with Crippen molar-refractivity contribution in [1.29, 1.82) is 0 Å². The highest BCUT2D eigenvalue weighted by Gasteiger charge is 2.13. The van der Waals surface area contributed by atoms with Gasteiger partial charge >= 0.3 is 0 Å². The minimum Gasteiger partial charge on any atom is -0.508 e. The molecule has 29 heavy (non-hydrogen) atoms. The minimum atomic E-state index is -0.618. The lowest BCUT2D eigenvalue weighted by molar-refractivity contribution is 0.0605. The van der Waals surface area contributed by atoms with Gasteiger partial charge in [0.05, 0.1) is 0 Å². The zero-order valence-corrected chi connectivity index (χ0v) is 16.4. The third-order valence-corrected chi connectivity index (χ3v) is 4.42. The number of ether oxygens (including phenoxy) is 2. The van der Waals surface area contributed by atoms with Crippen molar-refractivity contribution >= 4 is 0 Å². The quantitative estimate of drug-likeness (QED) is 0.520. The number of nitrogens with zero attached hydrogens (tertiary/aromatic N) is 1. The van der Waals surface area contributed by atoms with Crippen LogP contribution in [0.15, 0.2) is 84.9 Å². The van der Waals surface area contributed by atoms with Gasteiger partial charge in [0, 0.05) is 19.6 Å². The van der Waals surface area contributed by atoms with Crippen molar-refractivity contribution in [3.8, 4) is 17.2 Å². The number of benzene rings is 3. The SMILES string of the molecule is Oc1ccc(OCCN(Cc2ccccc2)CC(O)COc2ccccc2)cc1. The molecular weight excluding hydrogens is 366 g/mol. The number of rotatable bonds is 11. The van der Waals surface area contributed by atoms with Gasteiger partial charge in [-0.3, -0.25) is 4.90 Å². The molecule has 5 heteroatoms. The van der Waals surface area contributed by atoms with E-state index >= 15 is 0 Å². The summed E-state index contributed by atoms with van der Waals surface area (Å²) in [7, 11) is 0. The molecule has 0 saturated heterocycles. The summed E-state index contributed by atoms with van der Waals surface area (Å²) in [6.45, 7) is 2.54. The lowest BCUT2D eigenvalue weighted by atomic mass is 10.2. The molecule has 0 spiro atoms. The maximum absolute atomic E-state index is 10.5. The van der Waals surface area contributed by atoms with Crippen LogP contribution in [-0.2, 0) is 6.54 Å². The first-order valence-electron chi connectivity index (χ1n) is 9.73. The van der Waals surface area contributed by atoms with Crippen molar-refractivity contribution in [2.24, 2.45) is 0 Å². The molecule has 0 saturated carbocycles. The standard InChI is InChI=1S/C24H27NO4/c26-21-11-13-24(14-12-21)28-16-15-25(17-20-7-3-1-4-8-20)18-22(27)19-29-23-9-5-2-6-10-23/h1-14,22,26-27H,15-19H2. The van der Waals surface area contributed by atoms with Crippen molar-refractivity contribution in [2.75, 3.05) is 26.3 Å². The van der Waals surface area contributed by atoms with Gasteiger partial charge in [-0.2, -0.15) is 0 Å². The predicted octanol–water partition coefficient (Wildman–Crippen LogP) is 3.71. The van der Waals surface area contributed by atoms with Crippen molar-refractivity contribution < 1.29 is 19.7 Å². The number of aromatic hydroxyl groups is 1. The van der Waals surface area contributed by atoms with E-state index in [1.54, 1.807) is 24.3 Å². The van der Waals surface area contributed by atoms with E-state index in [0.29, 0.717) is 32.0 Å². The number of aliphatic hydroxyl groups excluding tert-OH is 1. The highest BCUT2D eigenvalue weighted by atomic mass is 16.5. The van der Waals surface area contributed by atoms with Gasteiger partial charge in [-0.05, 0) is 42.0 Å². The number of aliphatic hydroxyl groups is 1. The average molecular weight is 393 g/mol. The van der Waals surface area contributed by atoms with Crippen LogP contribution < -0.4 is 9.47 Å². The van der Waals surface area contributed by atoms with Crippen LogP contribution in [0.5, 0.6) is 17.2 Å². The Morgan fingerprint density at radius 3 is 2.07 bits per heavy atom. The molecule has 0 fully saturated rings. The lowest BCUT2D eigenvalue weighted by Crippen LogP contribution is -2.37. The Bertz CT molecular complexity index is 825. The maximum Gasteiger partial charge on any atom is 0.119 e. The molecule has 152 valence electrons. The van der Waals surface area contributed by atoms with Crippen molar-refractivity contribution in [1.82, 2.24) is 4.90 Å². The van der Waals surface area contributed by atoms with Gasteiger partial charge in [0.2, 0.25) is 0 Å². The fourth-order valence-electron chi connectivity index (χ4n) is 2.97. The largest absolute Gasteiger partial charge is 0.508 e. The number of para-hydroxylation sites is 1. The summed E-state index contributed by atoms with van der Waals surface area (Å²) in [5.41, 5.74) is 1.17. The molecule has 0 aliphatic rings. The number of hydrogen-bond acceptors (Lipinski definition) is 5. The van der Waals surface area contributed by atoms with Crippen LogP contribution >= 0.6 is 0 Å². The second-order valence-corrected chi connectivity index (χ2v) is 6.84. The van der Waals surface area contributed by atoms with E-state index in [-0.39, 0.29) is 12.4 Å². The van der Waals surface area contributed by atoms with Gasteiger partial charge in [-0.1, -0.05) is 48.5 Å². The molecule has 0 aliphatic heterocycles.